The van der Waals surface area contributed by atoms with E-state index in [0.717, 1.165) is 6.54 Å². The predicted octanol–water partition coefficient (Wildman–Crippen LogP) is 3.00. The van der Waals surface area contributed by atoms with Gasteiger partial charge in [0, 0.05) is 12.6 Å². The van der Waals surface area contributed by atoms with Gasteiger partial charge >= 0.3 is 5.97 Å². The van der Waals surface area contributed by atoms with Crippen LogP contribution in [0.1, 0.15) is 54.4 Å². The van der Waals surface area contributed by atoms with Crippen LogP contribution in [0.5, 0.6) is 0 Å². The number of aliphatic carboxylic acids is 1. The van der Waals surface area contributed by atoms with Gasteiger partial charge in [0.25, 0.3) is 0 Å². The van der Waals surface area contributed by atoms with Gasteiger partial charge < -0.3 is 5.11 Å². The third kappa shape index (κ3) is 3.21. The van der Waals surface area contributed by atoms with Crippen molar-refractivity contribution in [3.05, 3.63) is 0 Å². The molecule has 0 unspecified atom stereocenters. The highest BCUT2D eigenvalue weighted by atomic mass is 16.4. The summed E-state index contributed by atoms with van der Waals surface area (Å²) in [6.07, 6.45) is 1.31. The van der Waals surface area contributed by atoms with Crippen molar-refractivity contribution >= 4 is 5.97 Å². The fourth-order valence-corrected chi connectivity index (χ4v) is 2.35. The number of hydrogen-bond acceptors (Lipinski definition) is 2. The van der Waals surface area contributed by atoms with Gasteiger partial charge in [-0.2, -0.15) is 0 Å². The summed E-state index contributed by atoms with van der Waals surface area (Å²) in [5, 5.41) is 9.51. The maximum atomic E-state index is 11.6. The lowest BCUT2D eigenvalue weighted by Gasteiger charge is -2.43. The number of carboxylic acids is 1. The van der Waals surface area contributed by atoms with Crippen LogP contribution in [0.2, 0.25) is 0 Å². The van der Waals surface area contributed by atoms with Crippen molar-refractivity contribution in [2.75, 3.05) is 6.54 Å². The minimum atomic E-state index is -0.696. The monoisotopic (exact) mass is 229 g/mol. The number of carboxylic acid groups (broad SMARTS) is 1. The summed E-state index contributed by atoms with van der Waals surface area (Å²) in [5.74, 6) is -0.203. The van der Waals surface area contributed by atoms with Crippen LogP contribution in [0.25, 0.3) is 0 Å². The van der Waals surface area contributed by atoms with Crippen molar-refractivity contribution < 1.29 is 9.90 Å². The molecule has 0 spiro atoms. The van der Waals surface area contributed by atoms with Crippen LogP contribution in [0, 0.1) is 5.92 Å². The van der Waals surface area contributed by atoms with Gasteiger partial charge in [-0.3, -0.25) is 9.69 Å². The van der Waals surface area contributed by atoms with Gasteiger partial charge in [0.15, 0.2) is 0 Å². The molecule has 96 valence electrons. The molecule has 0 saturated heterocycles. The molecule has 0 aromatic heterocycles. The minimum absolute atomic E-state index is 0.262. The lowest BCUT2D eigenvalue weighted by Crippen LogP contribution is -2.57. The fourth-order valence-electron chi connectivity index (χ4n) is 2.35. The van der Waals surface area contributed by atoms with Gasteiger partial charge in [-0.05, 0) is 32.6 Å². The largest absolute Gasteiger partial charge is 0.480 e. The van der Waals surface area contributed by atoms with E-state index in [1.807, 2.05) is 13.8 Å². The molecule has 0 aliphatic heterocycles. The van der Waals surface area contributed by atoms with Gasteiger partial charge in [-0.25, -0.2) is 0 Å². The lowest BCUT2D eigenvalue weighted by atomic mass is 9.88. The van der Waals surface area contributed by atoms with Crippen LogP contribution in [-0.4, -0.2) is 34.1 Å². The Hall–Kier alpha value is -0.570. The normalized spacial score (nSPS) is 12.8. The van der Waals surface area contributed by atoms with Crippen molar-refractivity contribution in [1.82, 2.24) is 4.90 Å². The van der Waals surface area contributed by atoms with Gasteiger partial charge in [0.2, 0.25) is 0 Å². The van der Waals surface area contributed by atoms with Crippen molar-refractivity contribution in [3.63, 3.8) is 0 Å². The molecule has 0 amide bonds. The zero-order valence-corrected chi connectivity index (χ0v) is 11.6. The predicted molar refractivity (Wildman–Crippen MR) is 67.6 cm³/mol. The van der Waals surface area contributed by atoms with Gasteiger partial charge in [0.05, 0.1) is 0 Å². The van der Waals surface area contributed by atoms with Crippen LogP contribution in [0.4, 0.5) is 0 Å². The highest BCUT2D eigenvalue weighted by molar-refractivity contribution is 5.78. The van der Waals surface area contributed by atoms with Crippen LogP contribution in [0.3, 0.4) is 0 Å². The van der Waals surface area contributed by atoms with E-state index in [1.165, 1.54) is 0 Å². The Bertz CT molecular complexity index is 220. The molecule has 3 nitrogen and oxygen atoms in total. The van der Waals surface area contributed by atoms with Crippen molar-refractivity contribution in [1.29, 1.82) is 0 Å². The first-order valence-electron chi connectivity index (χ1n) is 6.31. The topological polar surface area (TPSA) is 40.5 Å². The summed E-state index contributed by atoms with van der Waals surface area (Å²) in [7, 11) is 0. The molecule has 0 aliphatic carbocycles. The van der Waals surface area contributed by atoms with E-state index in [1.54, 1.807) is 0 Å². The Morgan fingerprint density at radius 1 is 1.19 bits per heavy atom. The Kier molecular flexibility index (Phi) is 6.01. The Labute approximate surface area is 99.8 Å². The zero-order chi connectivity index (χ0) is 12.9. The van der Waals surface area contributed by atoms with Crippen molar-refractivity contribution in [2.45, 2.75) is 66.0 Å². The second-order valence-electron chi connectivity index (χ2n) is 5.18. The maximum absolute atomic E-state index is 11.6. The second kappa shape index (κ2) is 6.24. The molecule has 0 fully saturated rings. The average Bonchev–Trinajstić information content (AvgIpc) is 2.17. The molecule has 0 aromatic carbocycles. The number of nitrogens with zero attached hydrogens (tertiary/aromatic N) is 1. The van der Waals surface area contributed by atoms with Crippen LogP contribution in [0.15, 0.2) is 0 Å². The molecule has 0 saturated carbocycles. The molecule has 3 heteroatoms. The summed E-state index contributed by atoms with van der Waals surface area (Å²) in [6.45, 7) is 13.2. The highest BCUT2D eigenvalue weighted by Gasteiger charge is 2.42. The molecule has 16 heavy (non-hydrogen) atoms. The van der Waals surface area contributed by atoms with E-state index in [0.29, 0.717) is 18.8 Å². The van der Waals surface area contributed by atoms with Crippen LogP contribution >= 0.6 is 0 Å². The molecular formula is C13H27NO2. The van der Waals surface area contributed by atoms with E-state index in [-0.39, 0.29) is 6.04 Å². The summed E-state index contributed by atoms with van der Waals surface area (Å²) in [5.41, 5.74) is -0.696. The summed E-state index contributed by atoms with van der Waals surface area (Å²) in [6, 6.07) is 0.262. The Morgan fingerprint density at radius 2 is 1.62 bits per heavy atom. The van der Waals surface area contributed by atoms with Crippen LogP contribution < -0.4 is 0 Å². The molecule has 0 radical (unpaired) electrons. The Morgan fingerprint density at radius 3 is 1.81 bits per heavy atom. The number of hydrogen-bond donors (Lipinski definition) is 1. The smallest absolute Gasteiger partial charge is 0.324 e. The lowest BCUT2D eigenvalue weighted by molar-refractivity contribution is -0.154. The van der Waals surface area contributed by atoms with Gasteiger partial charge in [0.1, 0.15) is 5.54 Å². The van der Waals surface area contributed by atoms with Gasteiger partial charge in [-0.15, -0.1) is 0 Å². The molecular weight excluding hydrogens is 202 g/mol. The molecule has 0 rings (SSSR count). The molecule has 0 atom stereocenters. The number of rotatable bonds is 7. The molecule has 0 aromatic rings. The third-order valence-electron chi connectivity index (χ3n) is 3.30. The first-order chi connectivity index (χ1) is 7.31. The SMILES string of the molecule is CCC(CC)(C(=O)O)N(CC(C)C)C(C)C. The van der Waals surface area contributed by atoms with E-state index >= 15 is 0 Å². The van der Waals surface area contributed by atoms with E-state index in [9.17, 15) is 9.90 Å². The maximum Gasteiger partial charge on any atom is 0.324 e. The first kappa shape index (κ1) is 15.4. The minimum Gasteiger partial charge on any atom is -0.480 e. The summed E-state index contributed by atoms with van der Waals surface area (Å²) < 4.78 is 0. The van der Waals surface area contributed by atoms with E-state index in [2.05, 4.69) is 32.6 Å². The van der Waals surface area contributed by atoms with Gasteiger partial charge in [-0.1, -0.05) is 27.7 Å². The molecule has 0 bridgehead atoms. The van der Waals surface area contributed by atoms with Crippen molar-refractivity contribution in [3.8, 4) is 0 Å². The molecule has 0 aliphatic rings. The third-order valence-corrected chi connectivity index (χ3v) is 3.30. The average molecular weight is 229 g/mol. The highest BCUT2D eigenvalue weighted by Crippen LogP contribution is 2.27. The van der Waals surface area contributed by atoms with Crippen molar-refractivity contribution in [2.24, 2.45) is 5.92 Å². The zero-order valence-electron chi connectivity index (χ0n) is 11.6. The molecule has 0 heterocycles. The number of carbonyl (C=O) groups is 1. The van der Waals surface area contributed by atoms with Crippen LogP contribution in [-0.2, 0) is 4.79 Å². The Balaban J connectivity index is 5.16. The molecule has 1 N–H and O–H groups in total. The second-order valence-corrected chi connectivity index (χ2v) is 5.18. The van der Waals surface area contributed by atoms with E-state index < -0.39 is 11.5 Å². The van der Waals surface area contributed by atoms with E-state index in [4.69, 9.17) is 0 Å². The fraction of sp³-hybridized carbons (Fsp3) is 0.923. The quantitative estimate of drug-likeness (QED) is 0.729. The standard InChI is InChI=1S/C13H27NO2/c1-7-13(8-2,12(15)16)14(11(5)6)9-10(3)4/h10-11H,7-9H2,1-6H3,(H,15,16). The summed E-state index contributed by atoms with van der Waals surface area (Å²) >= 11 is 0. The summed E-state index contributed by atoms with van der Waals surface area (Å²) in [4.78, 5) is 13.7. The first-order valence-corrected chi connectivity index (χ1v) is 6.31.